The van der Waals surface area contributed by atoms with E-state index < -0.39 is 17.7 Å². The molecule has 2 aliphatic rings. The summed E-state index contributed by atoms with van der Waals surface area (Å²) in [6.07, 6.45) is 4.11. The van der Waals surface area contributed by atoms with Crippen LogP contribution in [0, 0.1) is 0 Å². The fourth-order valence-corrected chi connectivity index (χ4v) is 3.87. The van der Waals surface area contributed by atoms with Crippen LogP contribution < -0.4 is 0 Å². The Morgan fingerprint density at radius 1 is 0.960 bits per heavy atom. The molecule has 2 aliphatic heterocycles. The van der Waals surface area contributed by atoms with E-state index in [1.54, 1.807) is 6.08 Å². The van der Waals surface area contributed by atoms with Gasteiger partial charge in [-0.2, -0.15) is 0 Å². The van der Waals surface area contributed by atoms with Crippen molar-refractivity contribution in [2.75, 3.05) is 6.61 Å². The molecule has 0 radical (unpaired) electrons. The van der Waals surface area contributed by atoms with Crippen molar-refractivity contribution >= 4 is 0 Å². The van der Waals surface area contributed by atoms with E-state index in [-0.39, 0.29) is 31.0 Å². The molecule has 2 rings (SSSR count). The first kappa shape index (κ1) is 20.8. The number of aliphatic hydroxyl groups is 2. The molecule has 146 valence electrons. The molecule has 2 N–H and O–H groups in total. The van der Waals surface area contributed by atoms with Crippen molar-refractivity contribution in [3.63, 3.8) is 0 Å². The van der Waals surface area contributed by atoms with E-state index in [9.17, 15) is 10.2 Å². The lowest BCUT2D eigenvalue weighted by Crippen LogP contribution is -2.50. The molecule has 0 spiro atoms. The van der Waals surface area contributed by atoms with Crippen molar-refractivity contribution in [1.29, 1.82) is 0 Å². The Hall–Kier alpha value is -0.500. The number of ether oxygens (including phenoxy) is 4. The second-order valence-corrected chi connectivity index (χ2v) is 8.06. The van der Waals surface area contributed by atoms with Crippen LogP contribution in [0.2, 0.25) is 0 Å². The van der Waals surface area contributed by atoms with Crippen LogP contribution in [-0.4, -0.2) is 58.9 Å². The van der Waals surface area contributed by atoms with E-state index in [1.807, 2.05) is 27.7 Å². The van der Waals surface area contributed by atoms with Crippen LogP contribution in [0.15, 0.2) is 12.7 Å². The van der Waals surface area contributed by atoms with Crippen LogP contribution in [0.5, 0.6) is 0 Å². The van der Waals surface area contributed by atoms with E-state index in [0.717, 1.165) is 0 Å². The van der Waals surface area contributed by atoms with Crippen LogP contribution in [0.25, 0.3) is 0 Å². The zero-order chi connectivity index (χ0) is 18.7. The third kappa shape index (κ3) is 6.62. The van der Waals surface area contributed by atoms with Crippen LogP contribution in [0.3, 0.4) is 0 Å². The summed E-state index contributed by atoms with van der Waals surface area (Å²) in [4.78, 5) is 0. The minimum atomic E-state index is -0.712. The molecule has 0 unspecified atom stereocenters. The molecule has 25 heavy (non-hydrogen) atoms. The summed E-state index contributed by atoms with van der Waals surface area (Å²) in [5, 5.41) is 19.5. The molecule has 2 fully saturated rings. The third-order valence-electron chi connectivity index (χ3n) is 4.56. The SMILES string of the molecule is C=CC[C@H](O)C[C@H]1C[C@@H](C[C@H]2C[C@@H](CO)OC(C)(C)O2)OC(C)(C)O1. The monoisotopic (exact) mass is 358 g/mol. The Morgan fingerprint density at radius 2 is 1.44 bits per heavy atom. The van der Waals surface area contributed by atoms with Gasteiger partial charge in [-0.3, -0.25) is 0 Å². The summed E-state index contributed by atoms with van der Waals surface area (Å²) in [6.45, 7) is 11.2. The smallest absolute Gasteiger partial charge is 0.163 e. The fourth-order valence-electron chi connectivity index (χ4n) is 3.87. The maximum atomic E-state index is 10.1. The van der Waals surface area contributed by atoms with Crippen LogP contribution >= 0.6 is 0 Å². The molecule has 0 amide bonds. The summed E-state index contributed by atoms with van der Waals surface area (Å²) < 4.78 is 23.8. The van der Waals surface area contributed by atoms with Crippen molar-refractivity contribution < 1.29 is 29.2 Å². The predicted molar refractivity (Wildman–Crippen MR) is 94.0 cm³/mol. The molecule has 0 aromatic rings. The van der Waals surface area contributed by atoms with Crippen molar-refractivity contribution in [3.05, 3.63) is 12.7 Å². The van der Waals surface area contributed by atoms with Gasteiger partial charge in [0.15, 0.2) is 11.6 Å². The average molecular weight is 358 g/mol. The Morgan fingerprint density at radius 3 is 1.96 bits per heavy atom. The molecular weight excluding hydrogens is 324 g/mol. The summed E-state index contributed by atoms with van der Waals surface area (Å²) in [7, 11) is 0. The van der Waals surface area contributed by atoms with Crippen LogP contribution in [0.4, 0.5) is 0 Å². The fraction of sp³-hybridized carbons (Fsp3) is 0.895. The van der Waals surface area contributed by atoms with Gasteiger partial charge in [-0.25, -0.2) is 0 Å². The molecule has 0 saturated carbocycles. The molecule has 0 aromatic heterocycles. The zero-order valence-corrected chi connectivity index (χ0v) is 15.9. The number of aliphatic hydroxyl groups excluding tert-OH is 2. The first-order chi connectivity index (χ1) is 11.6. The Labute approximate surface area is 151 Å². The van der Waals surface area contributed by atoms with Crippen molar-refractivity contribution in [2.24, 2.45) is 0 Å². The van der Waals surface area contributed by atoms with Crippen molar-refractivity contribution in [1.82, 2.24) is 0 Å². The van der Waals surface area contributed by atoms with Crippen LogP contribution in [-0.2, 0) is 18.9 Å². The molecule has 5 atom stereocenters. The highest BCUT2D eigenvalue weighted by Gasteiger charge is 2.40. The van der Waals surface area contributed by atoms with Crippen LogP contribution in [0.1, 0.15) is 59.8 Å². The lowest BCUT2D eigenvalue weighted by atomic mass is 9.95. The molecule has 2 heterocycles. The molecular formula is C19H34O6. The second kappa shape index (κ2) is 8.46. The van der Waals surface area contributed by atoms with E-state index in [2.05, 4.69) is 6.58 Å². The van der Waals surface area contributed by atoms with Gasteiger partial charge in [-0.15, -0.1) is 6.58 Å². The van der Waals surface area contributed by atoms with E-state index in [4.69, 9.17) is 18.9 Å². The molecule has 0 aliphatic carbocycles. The quantitative estimate of drug-likeness (QED) is 0.681. The number of hydrogen-bond acceptors (Lipinski definition) is 6. The van der Waals surface area contributed by atoms with Gasteiger partial charge >= 0.3 is 0 Å². The molecule has 0 bridgehead atoms. The van der Waals surface area contributed by atoms with Gasteiger partial charge in [-0.05, 0) is 34.1 Å². The molecule has 6 nitrogen and oxygen atoms in total. The minimum absolute atomic E-state index is 0.0141. The maximum absolute atomic E-state index is 10.1. The first-order valence-electron chi connectivity index (χ1n) is 9.23. The van der Waals surface area contributed by atoms with E-state index in [0.29, 0.717) is 32.1 Å². The highest BCUT2D eigenvalue weighted by Crippen LogP contribution is 2.35. The lowest BCUT2D eigenvalue weighted by molar-refractivity contribution is -0.327. The van der Waals surface area contributed by atoms with Crippen molar-refractivity contribution in [2.45, 2.75) is 102 Å². The van der Waals surface area contributed by atoms with Gasteiger partial charge in [-0.1, -0.05) is 6.08 Å². The Balaban J connectivity index is 1.96. The van der Waals surface area contributed by atoms with Crippen molar-refractivity contribution in [3.8, 4) is 0 Å². The van der Waals surface area contributed by atoms with Gasteiger partial charge in [0.25, 0.3) is 0 Å². The standard InChI is InChI=1S/C19H34O6/c1-6-7-13(21)8-14-9-15(23-18(2,3)22-14)10-16-11-17(12-20)25-19(4,5)24-16/h6,13-17,20-21H,1,7-12H2,2-5H3/t13-,14-,15-,16-,17-/m0/s1. The Bertz CT molecular complexity index is 436. The first-order valence-corrected chi connectivity index (χ1v) is 9.23. The number of hydrogen-bond donors (Lipinski definition) is 2. The lowest BCUT2D eigenvalue weighted by Gasteiger charge is -2.45. The topological polar surface area (TPSA) is 77.4 Å². The Kier molecular flexibility index (Phi) is 7.04. The van der Waals surface area contributed by atoms with Gasteiger partial charge in [0.1, 0.15) is 0 Å². The van der Waals surface area contributed by atoms with Gasteiger partial charge in [0, 0.05) is 25.7 Å². The highest BCUT2D eigenvalue weighted by atomic mass is 16.7. The summed E-state index contributed by atoms with van der Waals surface area (Å²) in [5.41, 5.74) is 0. The van der Waals surface area contributed by atoms with Gasteiger partial charge < -0.3 is 29.2 Å². The third-order valence-corrected chi connectivity index (χ3v) is 4.56. The van der Waals surface area contributed by atoms with Gasteiger partial charge in [0.2, 0.25) is 0 Å². The molecule has 6 heteroatoms. The van der Waals surface area contributed by atoms with E-state index >= 15 is 0 Å². The number of rotatable bonds is 7. The second-order valence-electron chi connectivity index (χ2n) is 8.06. The summed E-state index contributed by atoms with van der Waals surface area (Å²) in [5.74, 6) is -1.41. The van der Waals surface area contributed by atoms with Gasteiger partial charge in [0.05, 0.1) is 37.1 Å². The summed E-state index contributed by atoms with van der Waals surface area (Å²) >= 11 is 0. The largest absolute Gasteiger partial charge is 0.394 e. The minimum Gasteiger partial charge on any atom is -0.394 e. The average Bonchev–Trinajstić information content (AvgIpc) is 2.43. The maximum Gasteiger partial charge on any atom is 0.163 e. The zero-order valence-electron chi connectivity index (χ0n) is 15.9. The molecule has 0 aromatic carbocycles. The van der Waals surface area contributed by atoms with E-state index in [1.165, 1.54) is 0 Å². The molecule has 2 saturated heterocycles. The summed E-state index contributed by atoms with van der Waals surface area (Å²) in [6, 6.07) is 0. The normalized spacial score (nSPS) is 35.9. The highest BCUT2D eigenvalue weighted by molar-refractivity contribution is 4.85. The predicted octanol–water partition coefficient (Wildman–Crippen LogP) is 2.52.